The van der Waals surface area contributed by atoms with Crippen LogP contribution in [0.25, 0.3) is 6.08 Å². The Labute approximate surface area is 170 Å². The molecule has 0 saturated carbocycles. The molecule has 1 heterocycles. The van der Waals surface area contributed by atoms with E-state index in [1.54, 1.807) is 18.2 Å². The molecular weight excluding hydrogens is 394 g/mol. The first kappa shape index (κ1) is 20.2. The summed E-state index contributed by atoms with van der Waals surface area (Å²) in [5, 5.41) is 5.57. The van der Waals surface area contributed by atoms with Gasteiger partial charge in [0.1, 0.15) is 0 Å². The van der Waals surface area contributed by atoms with E-state index in [0.717, 1.165) is 18.4 Å². The molecule has 1 fully saturated rings. The molecule has 2 aromatic carbocycles. The first-order valence-corrected chi connectivity index (χ1v) is 10.8. The van der Waals surface area contributed by atoms with E-state index in [1.165, 1.54) is 22.5 Å². The Kier molecular flexibility index (Phi) is 6.56. The fourth-order valence-corrected chi connectivity index (χ4v) is 4.58. The van der Waals surface area contributed by atoms with Crippen LogP contribution in [0.1, 0.15) is 18.4 Å². The van der Waals surface area contributed by atoms with Crippen molar-refractivity contribution in [2.24, 2.45) is 0 Å². The molecule has 0 aliphatic carbocycles. The summed E-state index contributed by atoms with van der Waals surface area (Å²) in [6.07, 6.45) is 4.88. The minimum atomic E-state index is -3.44. The van der Waals surface area contributed by atoms with Gasteiger partial charge in [-0.05, 0) is 61.0 Å². The molecule has 0 radical (unpaired) electrons. The summed E-state index contributed by atoms with van der Waals surface area (Å²) in [4.78, 5) is 12.2. The van der Waals surface area contributed by atoms with E-state index in [0.29, 0.717) is 18.8 Å². The number of hydrogen-bond acceptors (Lipinski definition) is 4. The number of nitrogens with one attached hydrogen (secondary N) is 2. The highest BCUT2D eigenvalue weighted by molar-refractivity contribution is 7.89. The van der Waals surface area contributed by atoms with Crippen LogP contribution in [0.2, 0.25) is 0 Å². The molecule has 6 nitrogen and oxygen atoms in total. The third-order valence-electron chi connectivity index (χ3n) is 4.28. The molecule has 0 bridgehead atoms. The molecule has 1 amide bonds. The van der Waals surface area contributed by atoms with E-state index in [4.69, 9.17) is 12.2 Å². The maximum absolute atomic E-state index is 12.5. The number of nitrogens with zero attached hydrogens (tertiary/aromatic N) is 1. The van der Waals surface area contributed by atoms with Crippen molar-refractivity contribution < 1.29 is 13.2 Å². The number of carbonyl (C=O) groups is 1. The Balaban J connectivity index is 1.55. The Morgan fingerprint density at radius 2 is 1.64 bits per heavy atom. The highest BCUT2D eigenvalue weighted by atomic mass is 32.2. The van der Waals surface area contributed by atoms with Gasteiger partial charge in [-0.1, -0.05) is 30.3 Å². The standard InChI is InChI=1S/C20H21N3O3S2/c24-19(13-8-16-6-2-1-3-7-16)22-20(27)21-17-9-11-18(12-10-17)28(25,26)23-14-4-5-15-23/h1-3,6-13H,4-5,14-15H2,(H2,21,22,24,27)/b13-8+. The molecule has 1 aliphatic rings. The molecule has 0 spiro atoms. The Morgan fingerprint density at radius 1 is 1.00 bits per heavy atom. The maximum Gasteiger partial charge on any atom is 0.250 e. The molecule has 8 heteroatoms. The fourth-order valence-electron chi connectivity index (χ4n) is 2.84. The fraction of sp³-hybridized carbons (Fsp3) is 0.200. The lowest BCUT2D eigenvalue weighted by molar-refractivity contribution is -0.115. The van der Waals surface area contributed by atoms with Crippen molar-refractivity contribution in [2.75, 3.05) is 18.4 Å². The third-order valence-corrected chi connectivity index (χ3v) is 6.40. The predicted molar refractivity (Wildman–Crippen MR) is 114 cm³/mol. The molecule has 146 valence electrons. The summed E-state index contributed by atoms with van der Waals surface area (Å²) in [6.45, 7) is 1.13. The minimum absolute atomic E-state index is 0.137. The van der Waals surface area contributed by atoms with Crippen LogP contribution >= 0.6 is 12.2 Å². The topological polar surface area (TPSA) is 78.5 Å². The van der Waals surface area contributed by atoms with E-state index in [9.17, 15) is 13.2 Å². The van der Waals surface area contributed by atoms with Gasteiger partial charge in [-0.2, -0.15) is 4.31 Å². The van der Waals surface area contributed by atoms with Crippen LogP contribution in [0.4, 0.5) is 5.69 Å². The number of sulfonamides is 1. The zero-order chi connectivity index (χ0) is 20.0. The summed E-state index contributed by atoms with van der Waals surface area (Å²) in [5.74, 6) is -0.352. The molecule has 0 atom stereocenters. The molecule has 1 saturated heterocycles. The van der Waals surface area contributed by atoms with Gasteiger partial charge in [-0.3, -0.25) is 10.1 Å². The van der Waals surface area contributed by atoms with Crippen molar-refractivity contribution in [3.63, 3.8) is 0 Å². The zero-order valence-electron chi connectivity index (χ0n) is 15.2. The van der Waals surface area contributed by atoms with Gasteiger partial charge in [0.15, 0.2) is 5.11 Å². The monoisotopic (exact) mass is 415 g/mol. The summed E-state index contributed by atoms with van der Waals surface area (Å²) < 4.78 is 26.5. The van der Waals surface area contributed by atoms with Crippen molar-refractivity contribution in [2.45, 2.75) is 17.7 Å². The quantitative estimate of drug-likeness (QED) is 0.580. The first-order chi connectivity index (χ1) is 13.4. The third kappa shape index (κ3) is 5.25. The second kappa shape index (κ2) is 9.09. The first-order valence-electron chi connectivity index (χ1n) is 8.90. The summed E-state index contributed by atoms with van der Waals surface area (Å²) in [6, 6.07) is 15.8. The highest BCUT2D eigenvalue weighted by Gasteiger charge is 2.26. The molecular formula is C20H21N3O3S2. The van der Waals surface area contributed by atoms with Gasteiger partial charge in [0.25, 0.3) is 0 Å². The lowest BCUT2D eigenvalue weighted by atomic mass is 10.2. The van der Waals surface area contributed by atoms with Crippen LogP contribution in [0.15, 0.2) is 65.6 Å². The van der Waals surface area contributed by atoms with Gasteiger partial charge in [-0.25, -0.2) is 8.42 Å². The van der Waals surface area contributed by atoms with Gasteiger partial charge in [0.2, 0.25) is 15.9 Å². The zero-order valence-corrected chi connectivity index (χ0v) is 16.8. The van der Waals surface area contributed by atoms with E-state index < -0.39 is 10.0 Å². The van der Waals surface area contributed by atoms with E-state index in [-0.39, 0.29) is 15.9 Å². The van der Waals surface area contributed by atoms with Crippen molar-refractivity contribution in [1.29, 1.82) is 0 Å². The summed E-state index contributed by atoms with van der Waals surface area (Å²) >= 11 is 5.13. The predicted octanol–water partition coefficient (Wildman–Crippen LogP) is 3.00. The number of thiocarbonyl (C=S) groups is 1. The lowest BCUT2D eigenvalue weighted by Gasteiger charge is -2.16. The normalized spacial score (nSPS) is 14.9. The Morgan fingerprint density at radius 3 is 2.29 bits per heavy atom. The lowest BCUT2D eigenvalue weighted by Crippen LogP contribution is -2.32. The van der Waals surface area contributed by atoms with Gasteiger partial charge in [0.05, 0.1) is 4.90 Å². The van der Waals surface area contributed by atoms with Crippen LogP contribution in [0, 0.1) is 0 Å². The molecule has 1 aliphatic heterocycles. The number of benzene rings is 2. The highest BCUT2D eigenvalue weighted by Crippen LogP contribution is 2.22. The van der Waals surface area contributed by atoms with Crippen LogP contribution in [-0.4, -0.2) is 36.8 Å². The smallest absolute Gasteiger partial charge is 0.250 e. The minimum Gasteiger partial charge on any atom is -0.332 e. The number of anilines is 1. The van der Waals surface area contributed by atoms with Gasteiger partial charge in [0, 0.05) is 24.9 Å². The molecule has 3 rings (SSSR count). The molecule has 0 aromatic heterocycles. The van der Waals surface area contributed by atoms with Gasteiger partial charge >= 0.3 is 0 Å². The summed E-state index contributed by atoms with van der Waals surface area (Å²) in [5.41, 5.74) is 1.50. The van der Waals surface area contributed by atoms with E-state index in [1.807, 2.05) is 30.3 Å². The van der Waals surface area contributed by atoms with Gasteiger partial charge < -0.3 is 5.32 Å². The van der Waals surface area contributed by atoms with Crippen molar-refractivity contribution in [3.05, 3.63) is 66.2 Å². The SMILES string of the molecule is O=C(/C=C/c1ccccc1)NC(=S)Nc1ccc(S(=O)(=O)N2CCCC2)cc1. The van der Waals surface area contributed by atoms with Crippen LogP contribution in [0.5, 0.6) is 0 Å². The molecule has 0 unspecified atom stereocenters. The molecule has 28 heavy (non-hydrogen) atoms. The van der Waals surface area contributed by atoms with Crippen molar-refractivity contribution in [3.8, 4) is 0 Å². The Hall–Kier alpha value is -2.55. The van der Waals surface area contributed by atoms with E-state index >= 15 is 0 Å². The second-order valence-electron chi connectivity index (χ2n) is 6.32. The second-order valence-corrected chi connectivity index (χ2v) is 8.67. The van der Waals surface area contributed by atoms with Crippen LogP contribution in [0.3, 0.4) is 0 Å². The molecule has 2 aromatic rings. The molecule has 2 N–H and O–H groups in total. The van der Waals surface area contributed by atoms with Crippen molar-refractivity contribution >= 4 is 45.0 Å². The number of amides is 1. The maximum atomic E-state index is 12.5. The number of rotatable bonds is 5. The average Bonchev–Trinajstić information content (AvgIpc) is 3.23. The van der Waals surface area contributed by atoms with E-state index in [2.05, 4.69) is 10.6 Å². The van der Waals surface area contributed by atoms with Gasteiger partial charge in [-0.15, -0.1) is 0 Å². The van der Waals surface area contributed by atoms with Crippen LogP contribution < -0.4 is 10.6 Å². The Bertz CT molecular complexity index is 966. The number of carbonyl (C=O) groups excluding carboxylic acids is 1. The van der Waals surface area contributed by atoms with Crippen LogP contribution in [-0.2, 0) is 14.8 Å². The largest absolute Gasteiger partial charge is 0.332 e. The number of hydrogen-bond donors (Lipinski definition) is 2. The summed E-state index contributed by atoms with van der Waals surface area (Å²) in [7, 11) is -3.44. The van der Waals surface area contributed by atoms with Crippen molar-refractivity contribution in [1.82, 2.24) is 9.62 Å². The average molecular weight is 416 g/mol.